The Kier molecular flexibility index (Phi) is 6.44. The highest BCUT2D eigenvalue weighted by molar-refractivity contribution is 6.18. The highest BCUT2D eigenvalue weighted by atomic mass is 35.5. The van der Waals surface area contributed by atoms with Gasteiger partial charge >= 0.3 is 0 Å². The van der Waals surface area contributed by atoms with Crippen LogP contribution in [-0.4, -0.2) is 24.1 Å². The summed E-state index contributed by atoms with van der Waals surface area (Å²) in [4.78, 5) is 4.10. The zero-order chi connectivity index (χ0) is 14.8. The van der Waals surface area contributed by atoms with Gasteiger partial charge in [0.1, 0.15) is 24.7 Å². The summed E-state index contributed by atoms with van der Waals surface area (Å²) in [6.07, 6.45) is 4.03. The van der Waals surface area contributed by atoms with Crippen molar-refractivity contribution in [3.8, 4) is 23.3 Å². The van der Waals surface area contributed by atoms with E-state index in [0.29, 0.717) is 31.3 Å². The molecule has 0 amide bonds. The molecule has 0 saturated carbocycles. The molecule has 0 fully saturated rings. The second-order valence-electron chi connectivity index (χ2n) is 4.16. The standard InChI is InChI=1S/C17H16ClNO2/c18-9-5-4-6-15-12-17(14-19-13-15)21-11-10-20-16-7-2-1-3-8-16/h1-3,7-8,12-14H,5,9-11H2. The number of benzene rings is 1. The molecule has 4 heteroatoms. The van der Waals surface area contributed by atoms with Crippen LogP contribution in [0.5, 0.6) is 11.5 Å². The zero-order valence-electron chi connectivity index (χ0n) is 11.6. The highest BCUT2D eigenvalue weighted by Crippen LogP contribution is 2.11. The molecule has 0 spiro atoms. The van der Waals surface area contributed by atoms with E-state index < -0.39 is 0 Å². The quantitative estimate of drug-likeness (QED) is 0.465. The van der Waals surface area contributed by atoms with Gasteiger partial charge in [-0.2, -0.15) is 0 Å². The van der Waals surface area contributed by atoms with Crippen LogP contribution < -0.4 is 9.47 Å². The summed E-state index contributed by atoms with van der Waals surface area (Å²) in [6, 6.07) is 11.5. The first kappa shape index (κ1) is 15.2. The molecule has 0 aliphatic rings. The van der Waals surface area contributed by atoms with Gasteiger partial charge in [0, 0.05) is 24.1 Å². The van der Waals surface area contributed by atoms with Gasteiger partial charge < -0.3 is 9.47 Å². The zero-order valence-corrected chi connectivity index (χ0v) is 12.3. The van der Waals surface area contributed by atoms with Gasteiger partial charge in [-0.1, -0.05) is 30.0 Å². The van der Waals surface area contributed by atoms with Crippen molar-refractivity contribution in [3.05, 3.63) is 54.4 Å². The Morgan fingerprint density at radius 1 is 1.00 bits per heavy atom. The lowest BCUT2D eigenvalue weighted by Gasteiger charge is -2.08. The summed E-state index contributed by atoms with van der Waals surface area (Å²) in [5.41, 5.74) is 0.821. The Hall–Kier alpha value is -2.18. The smallest absolute Gasteiger partial charge is 0.139 e. The molecule has 0 aliphatic carbocycles. The van der Waals surface area contributed by atoms with Gasteiger partial charge in [-0.05, 0) is 18.2 Å². The lowest BCUT2D eigenvalue weighted by molar-refractivity contribution is 0.216. The number of halogens is 1. The summed E-state index contributed by atoms with van der Waals surface area (Å²) in [5.74, 6) is 8.01. The molecule has 2 rings (SSSR count). The number of alkyl halides is 1. The van der Waals surface area contributed by atoms with Gasteiger partial charge in [-0.25, -0.2) is 0 Å². The van der Waals surface area contributed by atoms with Gasteiger partial charge in [-0.3, -0.25) is 4.98 Å². The van der Waals surface area contributed by atoms with Crippen LogP contribution in [0, 0.1) is 11.8 Å². The molecule has 0 unspecified atom stereocenters. The SMILES string of the molecule is ClCCC#Cc1cncc(OCCOc2ccccc2)c1. The number of hydrogen-bond donors (Lipinski definition) is 0. The van der Waals surface area contributed by atoms with E-state index in [1.165, 1.54) is 0 Å². The summed E-state index contributed by atoms with van der Waals surface area (Å²) in [7, 11) is 0. The van der Waals surface area contributed by atoms with Crippen LogP contribution in [0.3, 0.4) is 0 Å². The Morgan fingerprint density at radius 3 is 2.52 bits per heavy atom. The van der Waals surface area contributed by atoms with E-state index in [-0.39, 0.29) is 0 Å². The van der Waals surface area contributed by atoms with Crippen LogP contribution in [-0.2, 0) is 0 Å². The molecule has 0 N–H and O–H groups in total. The molecule has 0 atom stereocenters. The second-order valence-corrected chi connectivity index (χ2v) is 4.54. The van der Waals surface area contributed by atoms with Crippen LogP contribution >= 0.6 is 11.6 Å². The molecule has 1 heterocycles. The maximum absolute atomic E-state index is 5.59. The van der Waals surface area contributed by atoms with Crippen molar-refractivity contribution >= 4 is 11.6 Å². The molecule has 3 nitrogen and oxygen atoms in total. The van der Waals surface area contributed by atoms with Crippen molar-refractivity contribution in [2.24, 2.45) is 0 Å². The first-order chi connectivity index (χ1) is 10.4. The third-order valence-corrected chi connectivity index (χ3v) is 2.72. The van der Waals surface area contributed by atoms with E-state index in [2.05, 4.69) is 16.8 Å². The van der Waals surface area contributed by atoms with Crippen molar-refractivity contribution < 1.29 is 9.47 Å². The third-order valence-electron chi connectivity index (χ3n) is 2.53. The van der Waals surface area contributed by atoms with E-state index in [1.54, 1.807) is 12.4 Å². The number of hydrogen-bond acceptors (Lipinski definition) is 3. The Labute approximate surface area is 129 Å². The fourth-order valence-electron chi connectivity index (χ4n) is 1.61. The summed E-state index contributed by atoms with van der Waals surface area (Å²) < 4.78 is 11.1. The molecule has 0 aliphatic heterocycles. The van der Waals surface area contributed by atoms with E-state index in [0.717, 1.165) is 11.3 Å². The first-order valence-electron chi connectivity index (χ1n) is 6.69. The molecule has 0 radical (unpaired) electrons. The van der Waals surface area contributed by atoms with Crippen LogP contribution in [0.25, 0.3) is 0 Å². The lowest BCUT2D eigenvalue weighted by Crippen LogP contribution is -2.09. The summed E-state index contributed by atoms with van der Waals surface area (Å²) >= 11 is 5.58. The van der Waals surface area contributed by atoms with E-state index >= 15 is 0 Å². The highest BCUT2D eigenvalue weighted by Gasteiger charge is 1.97. The van der Waals surface area contributed by atoms with Crippen molar-refractivity contribution in [1.82, 2.24) is 4.98 Å². The summed E-state index contributed by atoms with van der Waals surface area (Å²) in [5, 5.41) is 0. The van der Waals surface area contributed by atoms with Crippen molar-refractivity contribution in [2.75, 3.05) is 19.1 Å². The average molecular weight is 302 g/mol. The van der Waals surface area contributed by atoms with Gasteiger partial charge in [0.05, 0.1) is 6.20 Å². The first-order valence-corrected chi connectivity index (χ1v) is 7.22. The van der Waals surface area contributed by atoms with Crippen LogP contribution in [0.15, 0.2) is 48.8 Å². The number of para-hydroxylation sites is 1. The monoisotopic (exact) mass is 301 g/mol. The van der Waals surface area contributed by atoms with Crippen molar-refractivity contribution in [2.45, 2.75) is 6.42 Å². The molecule has 1 aromatic heterocycles. The fraction of sp³-hybridized carbons (Fsp3) is 0.235. The predicted octanol–water partition coefficient (Wildman–Crippen LogP) is 3.52. The average Bonchev–Trinajstić information content (AvgIpc) is 2.53. The lowest BCUT2D eigenvalue weighted by atomic mass is 10.3. The maximum atomic E-state index is 5.59. The molecule has 1 aromatic carbocycles. The number of pyridine rings is 1. The molecular formula is C17H16ClNO2. The number of rotatable bonds is 6. The van der Waals surface area contributed by atoms with Gasteiger partial charge in [0.15, 0.2) is 0 Å². The molecule has 108 valence electrons. The largest absolute Gasteiger partial charge is 0.490 e. The Balaban J connectivity index is 1.78. The third kappa shape index (κ3) is 5.76. The van der Waals surface area contributed by atoms with E-state index in [4.69, 9.17) is 21.1 Å². The predicted molar refractivity (Wildman–Crippen MR) is 83.9 cm³/mol. The molecule has 21 heavy (non-hydrogen) atoms. The fourth-order valence-corrected chi connectivity index (χ4v) is 1.71. The number of aromatic nitrogens is 1. The molecular weight excluding hydrogens is 286 g/mol. The Morgan fingerprint density at radius 2 is 1.76 bits per heavy atom. The topological polar surface area (TPSA) is 31.4 Å². The van der Waals surface area contributed by atoms with E-state index in [9.17, 15) is 0 Å². The van der Waals surface area contributed by atoms with Crippen LogP contribution in [0.1, 0.15) is 12.0 Å². The number of nitrogens with zero attached hydrogens (tertiary/aromatic N) is 1. The normalized spacial score (nSPS) is 9.57. The van der Waals surface area contributed by atoms with Crippen LogP contribution in [0.2, 0.25) is 0 Å². The van der Waals surface area contributed by atoms with Crippen LogP contribution in [0.4, 0.5) is 0 Å². The summed E-state index contributed by atoms with van der Waals surface area (Å²) in [6.45, 7) is 0.932. The Bertz CT molecular complexity index is 605. The van der Waals surface area contributed by atoms with Crippen molar-refractivity contribution in [1.29, 1.82) is 0 Å². The van der Waals surface area contributed by atoms with Gasteiger partial charge in [-0.15, -0.1) is 11.6 Å². The maximum Gasteiger partial charge on any atom is 0.139 e. The number of ether oxygens (including phenoxy) is 2. The minimum atomic E-state index is 0.454. The molecule has 0 bridgehead atoms. The van der Waals surface area contributed by atoms with Gasteiger partial charge in [0.25, 0.3) is 0 Å². The van der Waals surface area contributed by atoms with Gasteiger partial charge in [0.2, 0.25) is 0 Å². The minimum absolute atomic E-state index is 0.454. The second kappa shape index (κ2) is 8.89. The molecule has 2 aromatic rings. The van der Waals surface area contributed by atoms with E-state index in [1.807, 2.05) is 36.4 Å². The minimum Gasteiger partial charge on any atom is -0.490 e. The van der Waals surface area contributed by atoms with Crippen molar-refractivity contribution in [3.63, 3.8) is 0 Å². The molecule has 0 saturated heterocycles.